The highest BCUT2D eigenvalue weighted by Gasteiger charge is 2.35. The fourth-order valence-corrected chi connectivity index (χ4v) is 4.84. The predicted octanol–water partition coefficient (Wildman–Crippen LogP) is 6.02. The van der Waals surface area contributed by atoms with Crippen LogP contribution in [0.25, 0.3) is 0 Å². The van der Waals surface area contributed by atoms with Crippen LogP contribution in [0.1, 0.15) is 47.8 Å². The summed E-state index contributed by atoms with van der Waals surface area (Å²) in [6, 6.07) is 23.7. The lowest BCUT2D eigenvalue weighted by Crippen LogP contribution is -2.41. The zero-order valence-electron chi connectivity index (χ0n) is 18.1. The average Bonchev–Trinajstić information content (AvgIpc) is 2.77. The summed E-state index contributed by atoms with van der Waals surface area (Å²) in [5.41, 5.74) is 2.52. The van der Waals surface area contributed by atoms with E-state index in [4.69, 9.17) is 9.47 Å². The largest absolute Gasteiger partial charge is 0.497 e. The van der Waals surface area contributed by atoms with Crippen molar-refractivity contribution in [2.75, 3.05) is 7.11 Å². The summed E-state index contributed by atoms with van der Waals surface area (Å²) in [4.78, 5) is 14.3. The zero-order chi connectivity index (χ0) is 21.8. The fourth-order valence-electron chi connectivity index (χ4n) is 3.84. The molecule has 1 N–H and O–H groups in total. The molecule has 0 saturated heterocycles. The van der Waals surface area contributed by atoms with Gasteiger partial charge in [0.2, 0.25) is 0 Å². The lowest BCUT2D eigenvalue weighted by Gasteiger charge is -2.38. The summed E-state index contributed by atoms with van der Waals surface area (Å²) in [5, 5.41) is 3.25. The molecule has 0 saturated carbocycles. The number of carbonyl (C=O) groups is 1. The van der Waals surface area contributed by atoms with E-state index in [0.717, 1.165) is 27.7 Å². The third kappa shape index (κ3) is 5.05. The van der Waals surface area contributed by atoms with Gasteiger partial charge in [0.25, 0.3) is 5.91 Å². The smallest absolute Gasteiger partial charge is 0.252 e. The Bertz CT molecular complexity index is 1070. The van der Waals surface area contributed by atoms with Crippen molar-refractivity contribution in [1.29, 1.82) is 0 Å². The summed E-state index contributed by atoms with van der Waals surface area (Å²) in [5.74, 6) is 2.25. The van der Waals surface area contributed by atoms with Crippen LogP contribution < -0.4 is 14.8 Å². The van der Waals surface area contributed by atoms with Gasteiger partial charge < -0.3 is 14.8 Å². The third-order valence-electron chi connectivity index (χ3n) is 5.35. The van der Waals surface area contributed by atoms with E-state index in [1.54, 1.807) is 18.9 Å². The Hall–Kier alpha value is -2.92. The van der Waals surface area contributed by atoms with Gasteiger partial charge in [-0.2, -0.15) is 0 Å². The maximum atomic E-state index is 13.3. The molecule has 1 aliphatic heterocycles. The van der Waals surface area contributed by atoms with Crippen LogP contribution in [0.15, 0.2) is 77.7 Å². The Morgan fingerprint density at radius 1 is 1.10 bits per heavy atom. The number of rotatable bonds is 6. The van der Waals surface area contributed by atoms with Crippen LogP contribution in [0, 0.1) is 0 Å². The number of thioether (sulfide) groups is 1. The van der Waals surface area contributed by atoms with E-state index in [-0.39, 0.29) is 17.6 Å². The van der Waals surface area contributed by atoms with Crippen molar-refractivity contribution in [3.63, 3.8) is 0 Å². The Labute approximate surface area is 188 Å². The van der Waals surface area contributed by atoms with Gasteiger partial charge >= 0.3 is 0 Å². The second-order valence-corrected chi connectivity index (χ2v) is 9.28. The number of benzene rings is 3. The molecule has 4 rings (SSSR count). The van der Waals surface area contributed by atoms with Crippen LogP contribution in [-0.4, -0.2) is 18.6 Å². The van der Waals surface area contributed by atoms with Gasteiger partial charge in [-0.15, -0.1) is 11.8 Å². The minimum absolute atomic E-state index is 0.0689. The van der Waals surface area contributed by atoms with Gasteiger partial charge in [0.1, 0.15) is 17.1 Å². The van der Waals surface area contributed by atoms with E-state index in [0.29, 0.717) is 12.0 Å². The molecule has 0 bridgehead atoms. The third-order valence-corrected chi connectivity index (χ3v) is 6.50. The summed E-state index contributed by atoms with van der Waals surface area (Å²) in [7, 11) is 1.64. The van der Waals surface area contributed by atoms with Gasteiger partial charge in [0.05, 0.1) is 18.7 Å². The standard InChI is InChI=1S/C26H27NO3S/c1-26(2)16-22(20-14-13-19(29-3)15-23(20)30-26)27-25(28)21-11-7-8-12-24(21)31-17-18-9-5-4-6-10-18/h4-15,22H,16-17H2,1-3H3,(H,27,28)/t22-/m1/s1. The normalized spacial score (nSPS) is 16.7. The quantitative estimate of drug-likeness (QED) is 0.483. The van der Waals surface area contributed by atoms with E-state index >= 15 is 0 Å². The molecule has 160 valence electrons. The Morgan fingerprint density at radius 3 is 2.61 bits per heavy atom. The monoisotopic (exact) mass is 433 g/mol. The fraction of sp³-hybridized carbons (Fsp3) is 0.269. The molecular weight excluding hydrogens is 406 g/mol. The lowest BCUT2D eigenvalue weighted by atomic mass is 9.89. The number of hydrogen-bond acceptors (Lipinski definition) is 4. The first kappa shape index (κ1) is 21.3. The van der Waals surface area contributed by atoms with Crippen molar-refractivity contribution in [2.24, 2.45) is 0 Å². The molecule has 1 atom stereocenters. The highest BCUT2D eigenvalue weighted by atomic mass is 32.2. The minimum Gasteiger partial charge on any atom is -0.497 e. The van der Waals surface area contributed by atoms with Crippen molar-refractivity contribution in [3.8, 4) is 11.5 Å². The highest BCUT2D eigenvalue weighted by molar-refractivity contribution is 7.98. The van der Waals surface area contributed by atoms with Crippen LogP contribution in [0.3, 0.4) is 0 Å². The topological polar surface area (TPSA) is 47.6 Å². The Balaban J connectivity index is 1.55. The number of amides is 1. The molecule has 5 heteroatoms. The molecule has 3 aromatic rings. The second-order valence-electron chi connectivity index (χ2n) is 8.27. The van der Waals surface area contributed by atoms with Crippen LogP contribution >= 0.6 is 11.8 Å². The molecule has 3 aromatic carbocycles. The molecule has 4 nitrogen and oxygen atoms in total. The van der Waals surface area contributed by atoms with Crippen LogP contribution in [0.5, 0.6) is 11.5 Å². The van der Waals surface area contributed by atoms with Crippen LogP contribution in [0.2, 0.25) is 0 Å². The zero-order valence-corrected chi connectivity index (χ0v) is 18.9. The van der Waals surface area contributed by atoms with Gasteiger partial charge in [-0.05, 0) is 43.7 Å². The summed E-state index contributed by atoms with van der Waals surface area (Å²) >= 11 is 1.68. The van der Waals surface area contributed by atoms with E-state index in [2.05, 4.69) is 17.4 Å². The van der Waals surface area contributed by atoms with Crippen LogP contribution in [0.4, 0.5) is 0 Å². The van der Waals surface area contributed by atoms with Gasteiger partial charge in [0.15, 0.2) is 0 Å². The molecule has 0 aromatic heterocycles. The summed E-state index contributed by atoms with van der Waals surface area (Å²) < 4.78 is 11.5. The van der Waals surface area contributed by atoms with Crippen molar-refractivity contribution in [2.45, 2.75) is 42.6 Å². The van der Waals surface area contributed by atoms with Gasteiger partial charge in [0, 0.05) is 28.7 Å². The van der Waals surface area contributed by atoms with Gasteiger partial charge in [-0.1, -0.05) is 42.5 Å². The number of hydrogen-bond donors (Lipinski definition) is 1. The van der Waals surface area contributed by atoms with Crippen molar-refractivity contribution in [3.05, 3.63) is 89.5 Å². The van der Waals surface area contributed by atoms with E-state index in [9.17, 15) is 4.79 Å². The lowest BCUT2D eigenvalue weighted by molar-refractivity contribution is 0.0616. The van der Waals surface area contributed by atoms with Crippen molar-refractivity contribution < 1.29 is 14.3 Å². The molecular formula is C26H27NO3S. The van der Waals surface area contributed by atoms with E-state index in [1.807, 2.05) is 74.5 Å². The number of nitrogens with one attached hydrogen (secondary N) is 1. The predicted molar refractivity (Wildman–Crippen MR) is 125 cm³/mol. The maximum absolute atomic E-state index is 13.3. The molecule has 0 radical (unpaired) electrons. The van der Waals surface area contributed by atoms with E-state index in [1.165, 1.54) is 5.56 Å². The molecule has 0 spiro atoms. The molecule has 1 amide bonds. The number of fused-ring (bicyclic) bond motifs is 1. The summed E-state index contributed by atoms with van der Waals surface area (Å²) in [6.07, 6.45) is 0.692. The molecule has 31 heavy (non-hydrogen) atoms. The maximum Gasteiger partial charge on any atom is 0.252 e. The minimum atomic E-state index is -0.390. The molecule has 1 heterocycles. The SMILES string of the molecule is COc1ccc2c(c1)OC(C)(C)C[C@H]2NC(=O)c1ccccc1SCc1ccccc1. The Morgan fingerprint density at radius 2 is 1.84 bits per heavy atom. The Kier molecular flexibility index (Phi) is 6.23. The molecule has 1 aliphatic rings. The summed E-state index contributed by atoms with van der Waals surface area (Å²) in [6.45, 7) is 4.08. The van der Waals surface area contributed by atoms with Gasteiger partial charge in [-0.25, -0.2) is 0 Å². The first-order valence-corrected chi connectivity index (χ1v) is 11.4. The average molecular weight is 434 g/mol. The highest BCUT2D eigenvalue weighted by Crippen LogP contribution is 2.41. The second kappa shape index (κ2) is 9.06. The number of ether oxygens (including phenoxy) is 2. The van der Waals surface area contributed by atoms with Gasteiger partial charge in [-0.3, -0.25) is 4.79 Å². The molecule has 0 unspecified atom stereocenters. The number of methoxy groups -OCH3 is 1. The molecule has 0 fully saturated rings. The number of carbonyl (C=O) groups excluding carboxylic acids is 1. The first-order chi connectivity index (χ1) is 14.9. The first-order valence-electron chi connectivity index (χ1n) is 10.4. The molecule has 0 aliphatic carbocycles. The van der Waals surface area contributed by atoms with Crippen LogP contribution in [-0.2, 0) is 5.75 Å². The van der Waals surface area contributed by atoms with Crippen molar-refractivity contribution in [1.82, 2.24) is 5.32 Å². The van der Waals surface area contributed by atoms with E-state index < -0.39 is 0 Å². The van der Waals surface area contributed by atoms with Crippen molar-refractivity contribution >= 4 is 17.7 Å².